The molecule has 3 rings (SSSR count). The monoisotopic (exact) mass is 401 g/mol. The molecule has 1 aromatic rings. The van der Waals surface area contributed by atoms with E-state index in [0.717, 1.165) is 29.4 Å². The number of rotatable bonds is 6. The van der Waals surface area contributed by atoms with Crippen LogP contribution < -0.4 is 9.47 Å². The third-order valence-electron chi connectivity index (χ3n) is 5.18. The molecule has 0 aromatic heterocycles. The van der Waals surface area contributed by atoms with E-state index in [4.69, 9.17) is 9.47 Å². The predicted octanol–water partition coefficient (Wildman–Crippen LogP) is 3.76. The maximum Gasteiger partial charge on any atom is 0.229 e. The van der Waals surface area contributed by atoms with Gasteiger partial charge in [0.1, 0.15) is 0 Å². The summed E-state index contributed by atoms with van der Waals surface area (Å²) in [6, 6.07) is 7.98. The fourth-order valence-corrected chi connectivity index (χ4v) is 4.72. The third kappa shape index (κ3) is 4.13. The van der Waals surface area contributed by atoms with Crippen LogP contribution in [-0.2, 0) is 4.79 Å². The predicted molar refractivity (Wildman–Crippen MR) is 110 cm³/mol. The van der Waals surface area contributed by atoms with Gasteiger partial charge >= 0.3 is 0 Å². The number of hydrogen-bond acceptors (Lipinski definition) is 6. The lowest BCUT2D eigenvalue weighted by Gasteiger charge is -2.41. The average molecular weight is 402 g/mol. The molecule has 1 fully saturated rings. The minimum atomic E-state index is -0.252. The fourth-order valence-electron chi connectivity index (χ4n) is 3.54. The Hall–Kier alpha value is -2.17. The van der Waals surface area contributed by atoms with Crippen molar-refractivity contribution in [2.75, 3.05) is 33.3 Å². The molecular formula is C21H27N3O3S. The first-order valence-corrected chi connectivity index (χ1v) is 10.5. The first-order chi connectivity index (χ1) is 13.5. The Balaban J connectivity index is 1.88. The minimum Gasteiger partial charge on any atom is -0.493 e. The number of nitriles is 1. The van der Waals surface area contributed by atoms with Gasteiger partial charge in [-0.2, -0.15) is 5.26 Å². The molecule has 0 aliphatic carbocycles. The van der Waals surface area contributed by atoms with Crippen LogP contribution in [0.1, 0.15) is 38.2 Å². The standard InChI is InChI=1S/C21H27N3O3S/c1-14(2)7-8-23-12-24-20(25)10-16(17(11-22)21(24)28-13-23)15-5-6-18(26-3)19(9-15)27-4/h5-6,9,14,16H,7-8,10,12-13H2,1-4H3/t16-/m0/s1. The number of ether oxygens (including phenoxy) is 2. The summed E-state index contributed by atoms with van der Waals surface area (Å²) in [7, 11) is 3.17. The van der Waals surface area contributed by atoms with Gasteiger partial charge in [0.15, 0.2) is 11.5 Å². The van der Waals surface area contributed by atoms with Crippen LogP contribution >= 0.6 is 11.8 Å². The van der Waals surface area contributed by atoms with Crippen molar-refractivity contribution >= 4 is 17.7 Å². The topological polar surface area (TPSA) is 65.8 Å². The van der Waals surface area contributed by atoms with E-state index in [2.05, 4.69) is 24.8 Å². The summed E-state index contributed by atoms with van der Waals surface area (Å²) in [6.45, 7) is 5.94. The van der Waals surface area contributed by atoms with Gasteiger partial charge in [0, 0.05) is 18.9 Å². The highest BCUT2D eigenvalue weighted by molar-refractivity contribution is 8.03. The molecule has 7 heteroatoms. The fraction of sp³-hybridized carbons (Fsp3) is 0.524. The van der Waals surface area contributed by atoms with Crippen molar-refractivity contribution in [1.29, 1.82) is 5.26 Å². The molecule has 0 unspecified atom stereocenters. The molecule has 0 radical (unpaired) electrons. The van der Waals surface area contributed by atoms with Gasteiger partial charge in [-0.1, -0.05) is 31.7 Å². The van der Waals surface area contributed by atoms with Crippen molar-refractivity contribution < 1.29 is 14.3 Å². The molecule has 0 N–H and O–H groups in total. The van der Waals surface area contributed by atoms with E-state index in [1.54, 1.807) is 30.9 Å². The zero-order valence-electron chi connectivity index (χ0n) is 16.9. The van der Waals surface area contributed by atoms with Crippen molar-refractivity contribution in [3.8, 4) is 17.6 Å². The molecule has 0 spiro atoms. The lowest BCUT2D eigenvalue weighted by molar-refractivity contribution is -0.131. The van der Waals surface area contributed by atoms with E-state index >= 15 is 0 Å². The molecule has 1 amide bonds. The molecule has 0 bridgehead atoms. The van der Waals surface area contributed by atoms with Crippen LogP contribution in [0.25, 0.3) is 0 Å². The normalized spacial score (nSPS) is 20.2. The van der Waals surface area contributed by atoms with Gasteiger partial charge in [0.25, 0.3) is 0 Å². The minimum absolute atomic E-state index is 0.0653. The Bertz CT molecular complexity index is 816. The number of amides is 1. The number of carbonyl (C=O) groups is 1. The second-order valence-electron chi connectivity index (χ2n) is 7.52. The maximum absolute atomic E-state index is 12.9. The van der Waals surface area contributed by atoms with Gasteiger partial charge in [0.05, 0.1) is 43.4 Å². The SMILES string of the molecule is COc1ccc([C@@H]2CC(=O)N3CN(CCC(C)C)CSC3=C2C#N)cc1OC. The van der Waals surface area contributed by atoms with Crippen LogP contribution in [0.4, 0.5) is 0 Å². The van der Waals surface area contributed by atoms with Crippen LogP contribution in [0, 0.1) is 17.2 Å². The van der Waals surface area contributed by atoms with Crippen molar-refractivity contribution in [3.05, 3.63) is 34.4 Å². The Morgan fingerprint density at radius 2 is 2.04 bits per heavy atom. The third-order valence-corrected chi connectivity index (χ3v) is 6.39. The number of fused-ring (bicyclic) bond motifs is 1. The zero-order valence-corrected chi connectivity index (χ0v) is 17.7. The van der Waals surface area contributed by atoms with Gasteiger partial charge in [-0.25, -0.2) is 0 Å². The zero-order chi connectivity index (χ0) is 20.3. The largest absolute Gasteiger partial charge is 0.493 e. The number of thioether (sulfide) groups is 1. The molecule has 2 heterocycles. The lowest BCUT2D eigenvalue weighted by atomic mass is 9.86. The van der Waals surface area contributed by atoms with Crippen molar-refractivity contribution in [1.82, 2.24) is 9.80 Å². The number of nitrogens with zero attached hydrogens (tertiary/aromatic N) is 3. The van der Waals surface area contributed by atoms with Gasteiger partial charge in [-0.05, 0) is 30.0 Å². The van der Waals surface area contributed by atoms with Crippen LogP contribution in [-0.4, -0.2) is 49.0 Å². The Kier molecular flexibility index (Phi) is 6.53. The summed E-state index contributed by atoms with van der Waals surface area (Å²) < 4.78 is 10.7. The highest BCUT2D eigenvalue weighted by Gasteiger charge is 2.38. The molecule has 1 atom stereocenters. The summed E-state index contributed by atoms with van der Waals surface area (Å²) in [6.07, 6.45) is 1.39. The number of benzene rings is 1. The van der Waals surface area contributed by atoms with E-state index in [0.29, 0.717) is 36.1 Å². The first kappa shape index (κ1) is 20.6. The van der Waals surface area contributed by atoms with Gasteiger partial charge in [0.2, 0.25) is 5.91 Å². The van der Waals surface area contributed by atoms with E-state index < -0.39 is 0 Å². The van der Waals surface area contributed by atoms with E-state index in [1.807, 2.05) is 18.2 Å². The van der Waals surface area contributed by atoms with E-state index in [-0.39, 0.29) is 11.8 Å². The number of carbonyl (C=O) groups excluding carboxylic acids is 1. The molecule has 0 saturated carbocycles. The molecule has 28 heavy (non-hydrogen) atoms. The summed E-state index contributed by atoms with van der Waals surface area (Å²) in [5.74, 6) is 2.48. The molecule has 150 valence electrons. The Morgan fingerprint density at radius 1 is 1.29 bits per heavy atom. The molecule has 1 aromatic carbocycles. The number of allylic oxidation sites excluding steroid dienone is 1. The van der Waals surface area contributed by atoms with Crippen LogP contribution in [0.3, 0.4) is 0 Å². The summed E-state index contributed by atoms with van der Waals surface area (Å²) in [4.78, 5) is 17.0. The van der Waals surface area contributed by atoms with Crippen molar-refractivity contribution in [3.63, 3.8) is 0 Å². The number of methoxy groups -OCH3 is 2. The molecule has 2 aliphatic heterocycles. The number of hydrogen-bond donors (Lipinski definition) is 0. The van der Waals surface area contributed by atoms with Crippen molar-refractivity contribution in [2.45, 2.75) is 32.6 Å². The second-order valence-corrected chi connectivity index (χ2v) is 8.45. The maximum atomic E-state index is 12.9. The van der Waals surface area contributed by atoms with E-state index in [1.165, 1.54) is 0 Å². The van der Waals surface area contributed by atoms with Crippen LogP contribution in [0.2, 0.25) is 0 Å². The van der Waals surface area contributed by atoms with Gasteiger partial charge in [-0.3, -0.25) is 14.6 Å². The first-order valence-electron chi connectivity index (χ1n) is 9.50. The molecule has 1 saturated heterocycles. The average Bonchev–Trinajstić information content (AvgIpc) is 2.71. The van der Waals surface area contributed by atoms with Gasteiger partial charge in [-0.15, -0.1) is 0 Å². The van der Waals surface area contributed by atoms with Crippen molar-refractivity contribution in [2.24, 2.45) is 5.92 Å². The lowest BCUT2D eigenvalue weighted by Crippen LogP contribution is -2.47. The summed E-state index contributed by atoms with van der Waals surface area (Å²) in [5.41, 5.74) is 1.57. The highest BCUT2D eigenvalue weighted by atomic mass is 32.2. The summed E-state index contributed by atoms with van der Waals surface area (Å²) >= 11 is 1.59. The smallest absolute Gasteiger partial charge is 0.229 e. The van der Waals surface area contributed by atoms with Gasteiger partial charge < -0.3 is 9.47 Å². The molecule has 2 aliphatic rings. The summed E-state index contributed by atoms with van der Waals surface area (Å²) in [5, 5.41) is 10.7. The Labute approximate surface area is 171 Å². The van der Waals surface area contributed by atoms with Crippen LogP contribution in [0.5, 0.6) is 11.5 Å². The van der Waals surface area contributed by atoms with Crippen LogP contribution in [0.15, 0.2) is 28.8 Å². The quantitative estimate of drug-likeness (QED) is 0.723. The molecule has 6 nitrogen and oxygen atoms in total. The highest BCUT2D eigenvalue weighted by Crippen LogP contribution is 2.44. The van der Waals surface area contributed by atoms with E-state index in [9.17, 15) is 10.1 Å². The Morgan fingerprint density at radius 3 is 2.68 bits per heavy atom. The second kappa shape index (κ2) is 8.89. The molecular weight excluding hydrogens is 374 g/mol.